The summed E-state index contributed by atoms with van der Waals surface area (Å²) in [7, 11) is 1.70. The Morgan fingerprint density at radius 3 is 2.78 bits per heavy atom. The van der Waals surface area contributed by atoms with E-state index in [1.54, 1.807) is 13.3 Å². The summed E-state index contributed by atoms with van der Waals surface area (Å²) in [6.45, 7) is 7.17. The second-order valence-corrected chi connectivity index (χ2v) is 8.57. The molecule has 2 aliphatic rings. The standard InChI is InChI=1S/C24H36N6O2/c1-31-22-6-5-20(17-21(22)25-10-4-14-30-12-2-3-13-30)28-24-26-11-7-23(29-24)27-18-19-8-15-32-16-9-19/h5-7,11,17,19,25H,2-4,8-10,12-16,18H2,1H3,(H2,26,27,28,29). The molecule has 0 atom stereocenters. The number of rotatable bonds is 11. The summed E-state index contributed by atoms with van der Waals surface area (Å²) in [6.07, 6.45) is 7.77. The van der Waals surface area contributed by atoms with Crippen LogP contribution in [0.4, 0.5) is 23.1 Å². The van der Waals surface area contributed by atoms with Gasteiger partial charge in [-0.15, -0.1) is 0 Å². The molecular formula is C24H36N6O2. The number of methoxy groups -OCH3 is 1. The van der Waals surface area contributed by atoms with E-state index in [2.05, 4.69) is 36.9 Å². The minimum atomic E-state index is 0.576. The first-order valence-corrected chi connectivity index (χ1v) is 11.9. The van der Waals surface area contributed by atoms with Gasteiger partial charge in [-0.1, -0.05) is 0 Å². The first kappa shape index (κ1) is 22.6. The van der Waals surface area contributed by atoms with Crippen molar-refractivity contribution in [3.8, 4) is 5.75 Å². The predicted molar refractivity (Wildman–Crippen MR) is 129 cm³/mol. The van der Waals surface area contributed by atoms with E-state index in [4.69, 9.17) is 9.47 Å². The molecule has 0 amide bonds. The molecular weight excluding hydrogens is 404 g/mol. The van der Waals surface area contributed by atoms with E-state index < -0.39 is 0 Å². The van der Waals surface area contributed by atoms with Gasteiger partial charge >= 0.3 is 0 Å². The Morgan fingerprint density at radius 1 is 1.12 bits per heavy atom. The maximum absolute atomic E-state index is 5.54. The van der Waals surface area contributed by atoms with Crippen LogP contribution in [0, 0.1) is 5.92 Å². The van der Waals surface area contributed by atoms with E-state index in [0.717, 1.165) is 75.1 Å². The molecule has 3 N–H and O–H groups in total. The number of hydrogen-bond donors (Lipinski definition) is 3. The van der Waals surface area contributed by atoms with Crippen molar-refractivity contribution in [2.45, 2.75) is 32.1 Å². The van der Waals surface area contributed by atoms with Gasteiger partial charge in [-0.2, -0.15) is 4.98 Å². The van der Waals surface area contributed by atoms with Crippen LogP contribution in [-0.4, -0.2) is 67.9 Å². The van der Waals surface area contributed by atoms with E-state index in [9.17, 15) is 0 Å². The van der Waals surface area contributed by atoms with Crippen LogP contribution in [0.1, 0.15) is 32.1 Å². The molecule has 0 radical (unpaired) electrons. The number of likely N-dealkylation sites (tertiary alicyclic amines) is 1. The molecule has 8 heteroatoms. The average molecular weight is 441 g/mol. The molecule has 0 saturated carbocycles. The third-order valence-corrected chi connectivity index (χ3v) is 6.19. The fourth-order valence-electron chi connectivity index (χ4n) is 4.30. The van der Waals surface area contributed by atoms with Gasteiger partial charge in [-0.25, -0.2) is 4.98 Å². The molecule has 0 aliphatic carbocycles. The zero-order valence-electron chi connectivity index (χ0n) is 19.1. The summed E-state index contributed by atoms with van der Waals surface area (Å²) >= 11 is 0. The van der Waals surface area contributed by atoms with Crippen LogP contribution >= 0.6 is 0 Å². The van der Waals surface area contributed by atoms with Crippen molar-refractivity contribution in [3.63, 3.8) is 0 Å². The van der Waals surface area contributed by atoms with Gasteiger partial charge in [0, 0.05) is 38.2 Å². The number of ether oxygens (including phenoxy) is 2. The first-order chi connectivity index (χ1) is 15.8. The zero-order valence-corrected chi connectivity index (χ0v) is 19.1. The van der Waals surface area contributed by atoms with E-state index in [1.165, 1.54) is 25.9 Å². The fraction of sp³-hybridized carbons (Fsp3) is 0.583. The predicted octanol–water partition coefficient (Wildman–Crippen LogP) is 3.97. The van der Waals surface area contributed by atoms with Crippen LogP contribution in [-0.2, 0) is 4.74 Å². The topological polar surface area (TPSA) is 83.6 Å². The quantitative estimate of drug-likeness (QED) is 0.453. The molecule has 2 fully saturated rings. The molecule has 1 aromatic carbocycles. The number of nitrogens with zero attached hydrogens (tertiary/aromatic N) is 3. The lowest BCUT2D eigenvalue weighted by Gasteiger charge is -2.22. The molecule has 3 heterocycles. The molecule has 2 saturated heterocycles. The zero-order chi connectivity index (χ0) is 22.0. The second kappa shape index (κ2) is 11.9. The second-order valence-electron chi connectivity index (χ2n) is 8.57. The molecule has 8 nitrogen and oxygen atoms in total. The SMILES string of the molecule is COc1ccc(Nc2nccc(NCC3CCOCC3)n2)cc1NCCCN1CCCC1. The molecule has 4 rings (SSSR count). The molecule has 1 aromatic heterocycles. The largest absolute Gasteiger partial charge is 0.495 e. The van der Waals surface area contributed by atoms with Gasteiger partial charge in [-0.3, -0.25) is 0 Å². The normalized spacial score (nSPS) is 17.3. The summed E-state index contributed by atoms with van der Waals surface area (Å²) in [6, 6.07) is 7.92. The molecule has 0 unspecified atom stereocenters. The minimum Gasteiger partial charge on any atom is -0.495 e. The summed E-state index contributed by atoms with van der Waals surface area (Å²) in [5.74, 6) is 2.88. The van der Waals surface area contributed by atoms with Crippen LogP contribution in [0.25, 0.3) is 0 Å². The van der Waals surface area contributed by atoms with Crippen molar-refractivity contribution in [1.82, 2.24) is 14.9 Å². The van der Waals surface area contributed by atoms with Crippen molar-refractivity contribution in [2.75, 3.05) is 69.0 Å². The maximum Gasteiger partial charge on any atom is 0.229 e. The lowest BCUT2D eigenvalue weighted by Crippen LogP contribution is -2.23. The van der Waals surface area contributed by atoms with Gasteiger partial charge in [0.2, 0.25) is 5.95 Å². The summed E-state index contributed by atoms with van der Waals surface area (Å²) in [4.78, 5) is 11.5. The third-order valence-electron chi connectivity index (χ3n) is 6.19. The van der Waals surface area contributed by atoms with Crippen molar-refractivity contribution in [1.29, 1.82) is 0 Å². The Labute approximate surface area is 191 Å². The third kappa shape index (κ3) is 6.71. The molecule has 0 spiro atoms. The average Bonchev–Trinajstić information content (AvgIpc) is 3.35. The first-order valence-electron chi connectivity index (χ1n) is 11.9. The highest BCUT2D eigenvalue weighted by molar-refractivity contribution is 5.67. The van der Waals surface area contributed by atoms with Crippen LogP contribution in [0.5, 0.6) is 5.75 Å². The Hall–Kier alpha value is -2.58. The Kier molecular flexibility index (Phi) is 8.39. The summed E-state index contributed by atoms with van der Waals surface area (Å²) < 4.78 is 11.0. The Morgan fingerprint density at radius 2 is 1.97 bits per heavy atom. The lowest BCUT2D eigenvalue weighted by atomic mass is 10.0. The molecule has 0 bridgehead atoms. The Balaban J connectivity index is 1.31. The smallest absolute Gasteiger partial charge is 0.229 e. The van der Waals surface area contributed by atoms with Gasteiger partial charge < -0.3 is 30.3 Å². The van der Waals surface area contributed by atoms with E-state index in [-0.39, 0.29) is 0 Å². The highest BCUT2D eigenvalue weighted by atomic mass is 16.5. The van der Waals surface area contributed by atoms with Gasteiger partial charge in [0.25, 0.3) is 0 Å². The maximum atomic E-state index is 5.54. The minimum absolute atomic E-state index is 0.576. The monoisotopic (exact) mass is 440 g/mol. The van der Waals surface area contributed by atoms with Gasteiger partial charge in [0.1, 0.15) is 11.6 Å². The van der Waals surface area contributed by atoms with Gasteiger partial charge in [0.05, 0.1) is 12.8 Å². The van der Waals surface area contributed by atoms with E-state index >= 15 is 0 Å². The van der Waals surface area contributed by atoms with Gasteiger partial charge in [0.15, 0.2) is 0 Å². The van der Waals surface area contributed by atoms with Gasteiger partial charge in [-0.05, 0) is 81.9 Å². The van der Waals surface area contributed by atoms with Crippen molar-refractivity contribution >= 4 is 23.1 Å². The lowest BCUT2D eigenvalue weighted by molar-refractivity contribution is 0.0699. The number of aromatic nitrogens is 2. The number of anilines is 4. The van der Waals surface area contributed by atoms with Crippen molar-refractivity contribution in [3.05, 3.63) is 30.5 Å². The molecule has 174 valence electrons. The van der Waals surface area contributed by atoms with Crippen molar-refractivity contribution in [2.24, 2.45) is 5.92 Å². The number of benzene rings is 1. The molecule has 2 aromatic rings. The van der Waals surface area contributed by atoms with Crippen LogP contribution in [0.15, 0.2) is 30.5 Å². The molecule has 32 heavy (non-hydrogen) atoms. The van der Waals surface area contributed by atoms with Crippen molar-refractivity contribution < 1.29 is 9.47 Å². The number of hydrogen-bond acceptors (Lipinski definition) is 8. The highest BCUT2D eigenvalue weighted by Gasteiger charge is 2.14. The van der Waals surface area contributed by atoms with Crippen LogP contribution in [0.3, 0.4) is 0 Å². The molecule has 2 aliphatic heterocycles. The number of nitrogens with one attached hydrogen (secondary N) is 3. The highest BCUT2D eigenvalue weighted by Crippen LogP contribution is 2.29. The van der Waals surface area contributed by atoms with E-state index in [0.29, 0.717) is 11.9 Å². The Bertz CT molecular complexity index is 837. The van der Waals surface area contributed by atoms with Crippen LogP contribution < -0.4 is 20.7 Å². The summed E-state index contributed by atoms with van der Waals surface area (Å²) in [5.41, 5.74) is 1.90. The summed E-state index contributed by atoms with van der Waals surface area (Å²) in [5, 5.41) is 10.3. The fourth-order valence-corrected chi connectivity index (χ4v) is 4.30. The van der Waals surface area contributed by atoms with E-state index in [1.807, 2.05) is 18.2 Å². The van der Waals surface area contributed by atoms with Crippen LogP contribution in [0.2, 0.25) is 0 Å².